The van der Waals surface area contributed by atoms with Crippen molar-refractivity contribution in [1.82, 2.24) is 4.98 Å². The molecule has 0 aliphatic carbocycles. The van der Waals surface area contributed by atoms with E-state index in [1.807, 2.05) is 6.20 Å². The summed E-state index contributed by atoms with van der Waals surface area (Å²) in [6.45, 7) is 0. The van der Waals surface area contributed by atoms with Crippen molar-refractivity contribution in [2.75, 3.05) is 0 Å². The third-order valence-corrected chi connectivity index (χ3v) is 4.68. The Hall–Kier alpha value is -3.19. The van der Waals surface area contributed by atoms with Gasteiger partial charge in [-0.05, 0) is 39.1 Å². The molecule has 0 unspecified atom stereocenters. The van der Waals surface area contributed by atoms with Gasteiger partial charge in [0.1, 0.15) is 0 Å². The van der Waals surface area contributed by atoms with E-state index < -0.39 is 0 Å². The second-order valence-corrected chi connectivity index (χ2v) is 6.11. The molecule has 0 radical (unpaired) electrons. The molecule has 1 heteroatoms. The molecule has 0 aliphatic heterocycles. The zero-order chi connectivity index (χ0) is 15.9. The second-order valence-electron chi connectivity index (χ2n) is 6.11. The van der Waals surface area contributed by atoms with Crippen LogP contribution in [0.5, 0.6) is 0 Å². The van der Waals surface area contributed by atoms with Gasteiger partial charge in [0, 0.05) is 17.1 Å². The number of nitrogens with zero attached hydrogens (tertiary/aromatic N) is 1. The number of hydrogen-bond donors (Lipinski definition) is 0. The number of aromatic nitrogens is 1. The number of benzene rings is 4. The van der Waals surface area contributed by atoms with E-state index in [1.165, 1.54) is 32.3 Å². The van der Waals surface area contributed by atoms with E-state index in [1.54, 1.807) is 0 Å². The molecular formula is C23H15N. The summed E-state index contributed by atoms with van der Waals surface area (Å²) in [5.41, 5.74) is 2.21. The lowest BCUT2D eigenvalue weighted by Crippen LogP contribution is -1.88. The van der Waals surface area contributed by atoms with Crippen LogP contribution >= 0.6 is 0 Å². The van der Waals surface area contributed by atoms with Gasteiger partial charge in [-0.15, -0.1) is 0 Å². The summed E-state index contributed by atoms with van der Waals surface area (Å²) in [7, 11) is 0. The van der Waals surface area contributed by atoms with Gasteiger partial charge in [0.05, 0.1) is 5.69 Å². The van der Waals surface area contributed by atoms with Gasteiger partial charge in [-0.2, -0.15) is 0 Å². The Morgan fingerprint density at radius 3 is 2.17 bits per heavy atom. The molecule has 4 aromatic carbocycles. The number of pyridine rings is 1. The van der Waals surface area contributed by atoms with Gasteiger partial charge >= 0.3 is 0 Å². The van der Waals surface area contributed by atoms with Crippen LogP contribution in [0.4, 0.5) is 0 Å². The predicted octanol–water partition coefficient (Wildman–Crippen LogP) is 6.21. The Kier molecular flexibility index (Phi) is 2.86. The summed E-state index contributed by atoms with van der Waals surface area (Å²) in [6.07, 6.45) is 1.90. The zero-order valence-corrected chi connectivity index (χ0v) is 13.1. The van der Waals surface area contributed by atoms with E-state index in [4.69, 9.17) is 4.98 Å². The molecule has 0 saturated carbocycles. The van der Waals surface area contributed by atoms with Crippen LogP contribution in [0.25, 0.3) is 43.6 Å². The minimum absolute atomic E-state index is 1.05. The lowest BCUT2D eigenvalue weighted by molar-refractivity contribution is 1.36. The quantitative estimate of drug-likeness (QED) is 0.336. The Balaban J connectivity index is 1.89. The molecule has 1 heterocycles. The van der Waals surface area contributed by atoms with Gasteiger partial charge in [-0.25, -0.2) is 0 Å². The SMILES string of the molecule is c1ccc2cc(-c3nccc4ccc5ccccc5c34)ccc2c1. The average Bonchev–Trinajstić information content (AvgIpc) is 2.67. The third-order valence-electron chi connectivity index (χ3n) is 4.68. The van der Waals surface area contributed by atoms with Gasteiger partial charge in [0.2, 0.25) is 0 Å². The Labute approximate surface area is 140 Å². The Bertz CT molecular complexity index is 1200. The first kappa shape index (κ1) is 13.3. The van der Waals surface area contributed by atoms with Gasteiger partial charge in [0.25, 0.3) is 0 Å². The highest BCUT2D eigenvalue weighted by atomic mass is 14.7. The fraction of sp³-hybridized carbons (Fsp3) is 0. The van der Waals surface area contributed by atoms with Crippen molar-refractivity contribution in [1.29, 1.82) is 0 Å². The van der Waals surface area contributed by atoms with Crippen LogP contribution in [0.3, 0.4) is 0 Å². The summed E-state index contributed by atoms with van der Waals surface area (Å²) in [4.78, 5) is 4.73. The molecule has 0 amide bonds. The molecule has 24 heavy (non-hydrogen) atoms. The van der Waals surface area contributed by atoms with Crippen molar-refractivity contribution in [2.24, 2.45) is 0 Å². The molecule has 5 rings (SSSR count). The number of fused-ring (bicyclic) bond motifs is 4. The summed E-state index contributed by atoms with van der Waals surface area (Å²) in [6, 6.07) is 30.0. The summed E-state index contributed by atoms with van der Waals surface area (Å²) in [5, 5.41) is 7.46. The molecule has 0 N–H and O–H groups in total. The van der Waals surface area contributed by atoms with E-state index in [2.05, 4.69) is 84.9 Å². The highest BCUT2D eigenvalue weighted by molar-refractivity contribution is 6.13. The number of hydrogen-bond acceptors (Lipinski definition) is 1. The molecule has 112 valence electrons. The molecule has 0 saturated heterocycles. The van der Waals surface area contributed by atoms with Crippen LogP contribution < -0.4 is 0 Å². The fourth-order valence-corrected chi connectivity index (χ4v) is 3.50. The van der Waals surface area contributed by atoms with E-state index in [0.29, 0.717) is 0 Å². The monoisotopic (exact) mass is 305 g/mol. The van der Waals surface area contributed by atoms with Crippen LogP contribution in [0.2, 0.25) is 0 Å². The molecule has 0 fully saturated rings. The van der Waals surface area contributed by atoms with Gasteiger partial charge in [-0.3, -0.25) is 4.98 Å². The number of rotatable bonds is 1. The molecule has 0 spiro atoms. The standard InChI is InChI=1S/C23H15N/c1-2-7-19-15-20(12-9-16(19)5-1)23-22-18(13-14-24-23)11-10-17-6-3-4-8-21(17)22/h1-15H. The fourth-order valence-electron chi connectivity index (χ4n) is 3.50. The van der Waals surface area contributed by atoms with E-state index >= 15 is 0 Å². The maximum absolute atomic E-state index is 4.73. The first-order valence-corrected chi connectivity index (χ1v) is 8.16. The molecule has 0 atom stereocenters. The van der Waals surface area contributed by atoms with Gasteiger partial charge < -0.3 is 0 Å². The highest BCUT2D eigenvalue weighted by Gasteiger charge is 2.09. The second kappa shape index (κ2) is 5.17. The molecule has 5 aromatic rings. The zero-order valence-electron chi connectivity index (χ0n) is 13.1. The predicted molar refractivity (Wildman–Crippen MR) is 102 cm³/mol. The van der Waals surface area contributed by atoms with Crippen LogP contribution in [0.15, 0.2) is 91.1 Å². The van der Waals surface area contributed by atoms with Crippen molar-refractivity contribution in [3.05, 3.63) is 91.1 Å². The lowest BCUT2D eigenvalue weighted by Gasteiger charge is -2.10. The average molecular weight is 305 g/mol. The summed E-state index contributed by atoms with van der Waals surface area (Å²) < 4.78 is 0. The van der Waals surface area contributed by atoms with Crippen molar-refractivity contribution >= 4 is 32.3 Å². The van der Waals surface area contributed by atoms with Crippen molar-refractivity contribution < 1.29 is 0 Å². The molecule has 0 bridgehead atoms. The van der Waals surface area contributed by atoms with E-state index in [-0.39, 0.29) is 0 Å². The highest BCUT2D eigenvalue weighted by Crippen LogP contribution is 2.33. The molecule has 1 aromatic heterocycles. The van der Waals surface area contributed by atoms with Crippen LogP contribution in [-0.4, -0.2) is 4.98 Å². The normalized spacial score (nSPS) is 11.3. The maximum Gasteiger partial charge on any atom is 0.0786 e. The van der Waals surface area contributed by atoms with Crippen LogP contribution in [0, 0.1) is 0 Å². The van der Waals surface area contributed by atoms with E-state index in [9.17, 15) is 0 Å². The maximum atomic E-state index is 4.73. The Morgan fingerprint density at radius 2 is 1.25 bits per heavy atom. The summed E-state index contributed by atoms with van der Waals surface area (Å²) >= 11 is 0. The molecular weight excluding hydrogens is 290 g/mol. The topological polar surface area (TPSA) is 12.9 Å². The largest absolute Gasteiger partial charge is 0.256 e. The van der Waals surface area contributed by atoms with Crippen molar-refractivity contribution in [3.8, 4) is 11.3 Å². The lowest BCUT2D eigenvalue weighted by atomic mass is 9.97. The Morgan fingerprint density at radius 1 is 0.542 bits per heavy atom. The van der Waals surface area contributed by atoms with Crippen molar-refractivity contribution in [2.45, 2.75) is 0 Å². The van der Waals surface area contributed by atoms with Crippen LogP contribution in [0.1, 0.15) is 0 Å². The molecule has 1 nitrogen and oxygen atoms in total. The third kappa shape index (κ3) is 1.99. The summed E-state index contributed by atoms with van der Waals surface area (Å²) in [5.74, 6) is 0. The first-order valence-electron chi connectivity index (χ1n) is 8.16. The van der Waals surface area contributed by atoms with E-state index in [0.717, 1.165) is 11.3 Å². The molecule has 0 aliphatic rings. The smallest absolute Gasteiger partial charge is 0.0786 e. The van der Waals surface area contributed by atoms with Gasteiger partial charge in [-0.1, -0.05) is 72.8 Å². The van der Waals surface area contributed by atoms with Crippen LogP contribution in [-0.2, 0) is 0 Å². The minimum Gasteiger partial charge on any atom is -0.256 e. The minimum atomic E-state index is 1.05. The van der Waals surface area contributed by atoms with Gasteiger partial charge in [0.15, 0.2) is 0 Å². The van der Waals surface area contributed by atoms with Crippen molar-refractivity contribution in [3.63, 3.8) is 0 Å². The first-order chi connectivity index (χ1) is 11.9.